The molecule has 0 spiro atoms. The fourth-order valence-corrected chi connectivity index (χ4v) is 2.84. The van der Waals surface area contributed by atoms with E-state index in [1.807, 2.05) is 43.4 Å². The fourth-order valence-electron chi connectivity index (χ4n) is 2.37. The van der Waals surface area contributed by atoms with Crippen molar-refractivity contribution in [2.75, 3.05) is 7.11 Å². The van der Waals surface area contributed by atoms with Crippen LogP contribution in [0.2, 0.25) is 10.0 Å². The molecule has 25 heavy (non-hydrogen) atoms. The van der Waals surface area contributed by atoms with Gasteiger partial charge in [-0.25, -0.2) is 9.67 Å². The van der Waals surface area contributed by atoms with E-state index in [2.05, 4.69) is 10.1 Å². The lowest BCUT2D eigenvalue weighted by Gasteiger charge is -2.13. The Kier molecular flexibility index (Phi) is 5.27. The van der Waals surface area contributed by atoms with Crippen molar-refractivity contribution in [2.24, 2.45) is 7.05 Å². The zero-order valence-corrected chi connectivity index (χ0v) is 15.5. The Hall–Kier alpha value is -2.08. The first-order valence-corrected chi connectivity index (χ1v) is 8.40. The number of rotatable bonds is 5. The average molecular weight is 378 g/mol. The van der Waals surface area contributed by atoms with E-state index in [4.69, 9.17) is 32.7 Å². The molecule has 0 radical (unpaired) electrons. The van der Waals surface area contributed by atoms with E-state index < -0.39 is 0 Å². The third-order valence-electron chi connectivity index (χ3n) is 3.69. The van der Waals surface area contributed by atoms with Crippen LogP contribution < -0.4 is 4.74 Å². The largest absolute Gasteiger partial charge is 0.465 e. The molecule has 0 aliphatic rings. The number of hydrogen-bond acceptors (Lipinski definition) is 4. The number of aromatic nitrogens is 3. The van der Waals surface area contributed by atoms with Gasteiger partial charge in [0.25, 0.3) is 0 Å². The molecule has 130 valence electrons. The Morgan fingerprint density at radius 1 is 1.04 bits per heavy atom. The van der Waals surface area contributed by atoms with E-state index >= 15 is 0 Å². The summed E-state index contributed by atoms with van der Waals surface area (Å²) < 4.78 is 12.4. The number of methoxy groups -OCH3 is 1. The van der Waals surface area contributed by atoms with Crippen molar-refractivity contribution in [1.29, 1.82) is 0 Å². The first-order chi connectivity index (χ1) is 12.0. The van der Waals surface area contributed by atoms with Gasteiger partial charge in [0.2, 0.25) is 0 Å². The van der Waals surface area contributed by atoms with Crippen LogP contribution in [0.4, 0.5) is 0 Å². The van der Waals surface area contributed by atoms with Gasteiger partial charge in [-0.15, -0.1) is 0 Å². The quantitative estimate of drug-likeness (QED) is 0.597. The average Bonchev–Trinajstić information content (AvgIpc) is 2.96. The van der Waals surface area contributed by atoms with Gasteiger partial charge >= 0.3 is 0 Å². The van der Waals surface area contributed by atoms with Crippen LogP contribution >= 0.6 is 23.2 Å². The second-order valence-electron chi connectivity index (χ2n) is 5.43. The van der Waals surface area contributed by atoms with Gasteiger partial charge in [0, 0.05) is 25.3 Å². The lowest BCUT2D eigenvalue weighted by Crippen LogP contribution is -2.13. The highest BCUT2D eigenvalue weighted by atomic mass is 35.5. The monoisotopic (exact) mass is 377 g/mol. The molecule has 0 N–H and O–H groups in total. The molecule has 0 fully saturated rings. The topological polar surface area (TPSA) is 49.2 Å². The third-order valence-corrected chi connectivity index (χ3v) is 4.34. The summed E-state index contributed by atoms with van der Waals surface area (Å²) in [6.45, 7) is 1.81. The summed E-state index contributed by atoms with van der Waals surface area (Å²) in [6, 6.07) is 12.9. The summed E-state index contributed by atoms with van der Waals surface area (Å²) in [6.07, 6.45) is -0.358. The van der Waals surface area contributed by atoms with Crippen LogP contribution in [0.15, 0.2) is 42.5 Å². The number of ether oxygens (including phenoxy) is 2. The number of nitrogens with zero attached hydrogens (tertiary/aromatic N) is 3. The minimum atomic E-state index is -0.358. The molecular weight excluding hydrogens is 361 g/mol. The molecule has 1 heterocycles. The van der Waals surface area contributed by atoms with Crippen LogP contribution in [0.3, 0.4) is 0 Å². The van der Waals surface area contributed by atoms with Crippen LogP contribution in [-0.4, -0.2) is 28.2 Å². The summed E-state index contributed by atoms with van der Waals surface area (Å²) in [5.74, 6) is 1.82. The van der Waals surface area contributed by atoms with Gasteiger partial charge in [-0.05, 0) is 37.3 Å². The van der Waals surface area contributed by atoms with Crippen LogP contribution in [0, 0.1) is 0 Å². The lowest BCUT2D eigenvalue weighted by molar-refractivity contribution is -0.0382. The van der Waals surface area contributed by atoms with Crippen molar-refractivity contribution in [1.82, 2.24) is 14.8 Å². The summed E-state index contributed by atoms with van der Waals surface area (Å²) in [4.78, 5) is 4.60. The van der Waals surface area contributed by atoms with Crippen LogP contribution in [0.25, 0.3) is 22.8 Å². The first-order valence-electron chi connectivity index (χ1n) is 7.65. The predicted octanol–water partition coefficient (Wildman–Crippen LogP) is 4.83. The van der Waals surface area contributed by atoms with Crippen molar-refractivity contribution in [3.05, 3.63) is 52.5 Å². The van der Waals surface area contributed by atoms with E-state index in [0.29, 0.717) is 27.4 Å². The van der Waals surface area contributed by atoms with Crippen LogP contribution in [0.1, 0.15) is 6.92 Å². The highest BCUT2D eigenvalue weighted by Crippen LogP contribution is 2.32. The van der Waals surface area contributed by atoms with Crippen LogP contribution in [0.5, 0.6) is 5.75 Å². The number of benzene rings is 2. The van der Waals surface area contributed by atoms with Crippen molar-refractivity contribution in [2.45, 2.75) is 13.2 Å². The predicted molar refractivity (Wildman–Crippen MR) is 99.0 cm³/mol. The highest BCUT2D eigenvalue weighted by molar-refractivity contribution is 6.33. The molecule has 3 rings (SSSR count). The summed E-state index contributed by atoms with van der Waals surface area (Å²) in [5, 5.41) is 5.57. The molecular formula is C18H17Cl2N3O2. The summed E-state index contributed by atoms with van der Waals surface area (Å²) >= 11 is 12.7. The molecule has 1 aromatic heterocycles. The maximum absolute atomic E-state index is 6.42. The molecule has 0 bridgehead atoms. The second kappa shape index (κ2) is 7.44. The Morgan fingerprint density at radius 3 is 2.48 bits per heavy atom. The molecule has 1 atom stereocenters. The molecule has 3 aromatic rings. The second-order valence-corrected chi connectivity index (χ2v) is 6.24. The molecule has 0 saturated carbocycles. The van der Waals surface area contributed by atoms with Gasteiger partial charge in [-0.1, -0.05) is 35.3 Å². The molecule has 0 saturated heterocycles. The normalized spacial score (nSPS) is 12.2. The zero-order chi connectivity index (χ0) is 18.0. The summed E-state index contributed by atoms with van der Waals surface area (Å²) in [7, 11) is 3.40. The third kappa shape index (κ3) is 3.79. The minimum absolute atomic E-state index is 0.358. The van der Waals surface area contributed by atoms with E-state index in [1.54, 1.807) is 24.8 Å². The van der Waals surface area contributed by atoms with Crippen molar-refractivity contribution in [3.63, 3.8) is 0 Å². The Morgan fingerprint density at radius 2 is 1.80 bits per heavy atom. The molecule has 0 aliphatic heterocycles. The number of aryl methyl sites for hydroxylation is 1. The first kappa shape index (κ1) is 17.7. The van der Waals surface area contributed by atoms with E-state index in [9.17, 15) is 0 Å². The number of hydrogen-bond donors (Lipinski definition) is 0. The molecule has 2 aromatic carbocycles. The van der Waals surface area contributed by atoms with Crippen molar-refractivity contribution >= 4 is 23.2 Å². The molecule has 5 nitrogen and oxygen atoms in total. The fraction of sp³-hybridized carbons (Fsp3) is 0.222. The van der Waals surface area contributed by atoms with Gasteiger partial charge in [-0.3, -0.25) is 0 Å². The number of halogens is 2. The maximum atomic E-state index is 6.42. The van der Waals surface area contributed by atoms with Crippen molar-refractivity contribution in [3.8, 4) is 28.5 Å². The van der Waals surface area contributed by atoms with Gasteiger partial charge < -0.3 is 9.47 Å². The maximum Gasteiger partial charge on any atom is 0.196 e. The van der Waals surface area contributed by atoms with Crippen molar-refractivity contribution < 1.29 is 9.47 Å². The lowest BCUT2D eigenvalue weighted by atomic mass is 10.2. The minimum Gasteiger partial charge on any atom is -0.465 e. The zero-order valence-electron chi connectivity index (χ0n) is 14.0. The molecule has 0 aliphatic carbocycles. The molecule has 1 unspecified atom stereocenters. The Labute approximate surface area is 156 Å². The SMILES string of the molecule is COC(C)Oc1ccc(-c2nc(-c3ccccc3Cl)nn2C)c(Cl)c1. The Bertz CT molecular complexity index is 896. The van der Waals surface area contributed by atoms with Gasteiger partial charge in [0.15, 0.2) is 17.9 Å². The van der Waals surface area contributed by atoms with E-state index in [1.165, 1.54) is 0 Å². The van der Waals surface area contributed by atoms with Gasteiger partial charge in [0.1, 0.15) is 5.75 Å². The smallest absolute Gasteiger partial charge is 0.196 e. The standard InChI is InChI=1S/C18H17Cl2N3O2/c1-11(24-3)25-12-8-9-14(16(20)10-12)18-21-17(22-23(18)2)13-6-4-5-7-15(13)19/h4-11H,1-3H3. The highest BCUT2D eigenvalue weighted by Gasteiger charge is 2.16. The van der Waals surface area contributed by atoms with Gasteiger partial charge in [0.05, 0.1) is 10.0 Å². The van der Waals surface area contributed by atoms with E-state index in [0.717, 1.165) is 11.1 Å². The summed E-state index contributed by atoms with van der Waals surface area (Å²) in [5.41, 5.74) is 1.53. The Balaban J connectivity index is 1.96. The van der Waals surface area contributed by atoms with Crippen LogP contribution in [-0.2, 0) is 11.8 Å². The molecule has 7 heteroatoms. The molecule has 0 amide bonds. The van der Waals surface area contributed by atoms with E-state index in [-0.39, 0.29) is 6.29 Å². The van der Waals surface area contributed by atoms with Gasteiger partial charge in [-0.2, -0.15) is 5.10 Å².